The molecule has 3 rings (SSSR count). The maximum Gasteiger partial charge on any atom is 0.261 e. The number of nitrogens with zero attached hydrogens (tertiary/aromatic N) is 2. The summed E-state index contributed by atoms with van der Waals surface area (Å²) in [6, 6.07) is 7.99. The number of aromatic nitrogens is 2. The van der Waals surface area contributed by atoms with Gasteiger partial charge in [-0.05, 0) is 55.5 Å². The zero-order valence-corrected chi connectivity index (χ0v) is 17.2. The number of hydrogen-bond donors (Lipinski definition) is 1. The molecule has 0 spiro atoms. The molecule has 0 unspecified atom stereocenters. The second kappa shape index (κ2) is 8.59. The van der Waals surface area contributed by atoms with E-state index in [1.54, 1.807) is 10.9 Å². The van der Waals surface area contributed by atoms with Gasteiger partial charge >= 0.3 is 0 Å². The average Bonchev–Trinajstić information content (AvgIpc) is 3.24. The SMILES string of the molecule is CCn1ncc(Cl)c1CNC(=O)c1cc(COc2cc(C)cc(C)c2)cs1. The van der Waals surface area contributed by atoms with Gasteiger partial charge in [-0.1, -0.05) is 17.7 Å². The standard InChI is InChI=1S/C20H22ClN3O2S/c1-4-24-18(17(21)9-23-24)10-22-20(25)19-8-15(12-27-19)11-26-16-6-13(2)5-14(3)7-16/h5-9,12H,4,10-11H2,1-3H3,(H,22,25). The predicted octanol–water partition coefficient (Wildman–Crippen LogP) is 4.74. The van der Waals surface area contributed by atoms with Crippen molar-refractivity contribution >= 4 is 28.8 Å². The number of aryl methyl sites for hydroxylation is 3. The van der Waals surface area contributed by atoms with Gasteiger partial charge in [0, 0.05) is 12.1 Å². The van der Waals surface area contributed by atoms with Gasteiger partial charge in [0.25, 0.3) is 5.91 Å². The highest BCUT2D eigenvalue weighted by Crippen LogP contribution is 2.21. The van der Waals surface area contributed by atoms with Crippen molar-refractivity contribution in [2.45, 2.75) is 40.5 Å². The van der Waals surface area contributed by atoms with Gasteiger partial charge in [0.1, 0.15) is 12.4 Å². The molecule has 5 nitrogen and oxygen atoms in total. The molecule has 0 saturated carbocycles. The molecule has 0 aliphatic rings. The summed E-state index contributed by atoms with van der Waals surface area (Å²) in [5.41, 5.74) is 4.11. The molecule has 0 saturated heterocycles. The number of nitrogens with one attached hydrogen (secondary N) is 1. The maximum absolute atomic E-state index is 12.4. The Morgan fingerprint density at radius 2 is 2.00 bits per heavy atom. The van der Waals surface area contributed by atoms with E-state index in [1.807, 2.05) is 44.4 Å². The van der Waals surface area contributed by atoms with Gasteiger partial charge < -0.3 is 10.1 Å². The van der Waals surface area contributed by atoms with Gasteiger partial charge in [-0.25, -0.2) is 0 Å². The van der Waals surface area contributed by atoms with Gasteiger partial charge in [0.2, 0.25) is 0 Å². The van der Waals surface area contributed by atoms with Crippen molar-refractivity contribution in [3.05, 3.63) is 68.1 Å². The molecule has 0 fully saturated rings. The molecule has 27 heavy (non-hydrogen) atoms. The van der Waals surface area contributed by atoms with Crippen molar-refractivity contribution in [3.63, 3.8) is 0 Å². The normalized spacial score (nSPS) is 10.8. The fraction of sp³-hybridized carbons (Fsp3) is 0.300. The predicted molar refractivity (Wildman–Crippen MR) is 109 cm³/mol. The van der Waals surface area contributed by atoms with Gasteiger partial charge in [-0.15, -0.1) is 11.3 Å². The Balaban J connectivity index is 1.58. The first kappa shape index (κ1) is 19.5. The Bertz CT molecular complexity index is 928. The lowest BCUT2D eigenvalue weighted by molar-refractivity contribution is 0.0954. The highest BCUT2D eigenvalue weighted by molar-refractivity contribution is 7.12. The highest BCUT2D eigenvalue weighted by atomic mass is 35.5. The number of thiophene rings is 1. The van der Waals surface area contributed by atoms with Crippen LogP contribution >= 0.6 is 22.9 Å². The van der Waals surface area contributed by atoms with E-state index in [9.17, 15) is 4.79 Å². The summed E-state index contributed by atoms with van der Waals surface area (Å²) in [4.78, 5) is 13.1. The molecule has 2 aromatic heterocycles. The zero-order valence-electron chi connectivity index (χ0n) is 15.6. The molecule has 7 heteroatoms. The van der Waals surface area contributed by atoms with Crippen molar-refractivity contribution in [2.24, 2.45) is 0 Å². The number of hydrogen-bond acceptors (Lipinski definition) is 4. The summed E-state index contributed by atoms with van der Waals surface area (Å²) in [7, 11) is 0. The largest absolute Gasteiger partial charge is 0.489 e. The number of amides is 1. The molecule has 0 aliphatic heterocycles. The first-order chi connectivity index (χ1) is 13.0. The topological polar surface area (TPSA) is 56.2 Å². The number of carbonyl (C=O) groups is 1. The lowest BCUT2D eigenvalue weighted by Crippen LogP contribution is -2.23. The first-order valence-corrected chi connectivity index (χ1v) is 9.99. The number of rotatable bonds is 7. The van der Waals surface area contributed by atoms with Crippen LogP contribution in [0.1, 0.15) is 39.0 Å². The second-order valence-electron chi connectivity index (χ2n) is 6.37. The van der Waals surface area contributed by atoms with E-state index >= 15 is 0 Å². The van der Waals surface area contributed by atoms with Crippen LogP contribution in [0, 0.1) is 13.8 Å². The molecular weight excluding hydrogens is 382 g/mol. The van der Waals surface area contributed by atoms with Gasteiger partial charge in [0.05, 0.1) is 28.3 Å². The van der Waals surface area contributed by atoms with Gasteiger partial charge in [-0.2, -0.15) is 5.10 Å². The first-order valence-electron chi connectivity index (χ1n) is 8.73. The summed E-state index contributed by atoms with van der Waals surface area (Å²) in [6.45, 7) is 7.55. The zero-order chi connectivity index (χ0) is 19.4. The maximum atomic E-state index is 12.4. The van der Waals surface area contributed by atoms with E-state index in [4.69, 9.17) is 16.3 Å². The van der Waals surface area contributed by atoms with Gasteiger partial charge in [-0.3, -0.25) is 9.48 Å². The Labute approximate surface area is 167 Å². The van der Waals surface area contributed by atoms with Crippen molar-refractivity contribution in [3.8, 4) is 5.75 Å². The van der Waals surface area contributed by atoms with Gasteiger partial charge in [0.15, 0.2) is 0 Å². The van der Waals surface area contributed by atoms with E-state index in [-0.39, 0.29) is 5.91 Å². The number of ether oxygens (including phenoxy) is 1. The Hall–Kier alpha value is -2.31. The lowest BCUT2D eigenvalue weighted by atomic mass is 10.1. The second-order valence-corrected chi connectivity index (χ2v) is 7.69. The monoisotopic (exact) mass is 403 g/mol. The highest BCUT2D eigenvalue weighted by Gasteiger charge is 2.13. The smallest absolute Gasteiger partial charge is 0.261 e. The van der Waals surface area contributed by atoms with Crippen LogP contribution in [-0.4, -0.2) is 15.7 Å². The fourth-order valence-corrected chi connectivity index (χ4v) is 3.86. The molecule has 0 atom stereocenters. The van der Waals surface area contributed by atoms with E-state index < -0.39 is 0 Å². The van der Waals surface area contributed by atoms with Crippen LogP contribution in [-0.2, 0) is 19.7 Å². The van der Waals surface area contributed by atoms with Crippen LogP contribution in [0.15, 0.2) is 35.8 Å². The average molecular weight is 404 g/mol. The van der Waals surface area contributed by atoms with E-state index in [2.05, 4.69) is 16.5 Å². The quantitative estimate of drug-likeness (QED) is 0.619. The summed E-state index contributed by atoms with van der Waals surface area (Å²) < 4.78 is 7.64. The third-order valence-electron chi connectivity index (χ3n) is 4.09. The minimum absolute atomic E-state index is 0.127. The summed E-state index contributed by atoms with van der Waals surface area (Å²) in [5, 5.41) is 9.58. The summed E-state index contributed by atoms with van der Waals surface area (Å²) in [6.07, 6.45) is 1.60. The molecule has 1 amide bonds. The molecule has 3 aromatic rings. The Morgan fingerprint density at radius 1 is 1.26 bits per heavy atom. The van der Waals surface area contributed by atoms with Crippen LogP contribution in [0.4, 0.5) is 0 Å². The van der Waals surface area contributed by atoms with Crippen LogP contribution in [0.3, 0.4) is 0 Å². The Morgan fingerprint density at radius 3 is 2.70 bits per heavy atom. The minimum Gasteiger partial charge on any atom is -0.489 e. The molecule has 1 N–H and O–H groups in total. The van der Waals surface area contributed by atoms with E-state index in [1.165, 1.54) is 22.5 Å². The molecule has 142 valence electrons. The fourth-order valence-electron chi connectivity index (χ4n) is 2.84. The van der Waals surface area contributed by atoms with Crippen molar-refractivity contribution in [1.82, 2.24) is 15.1 Å². The molecule has 0 aliphatic carbocycles. The molecule has 0 radical (unpaired) electrons. The van der Waals surface area contributed by atoms with Crippen LogP contribution in [0.5, 0.6) is 5.75 Å². The van der Waals surface area contributed by atoms with Crippen molar-refractivity contribution < 1.29 is 9.53 Å². The number of carbonyl (C=O) groups excluding carboxylic acids is 1. The molecule has 1 aromatic carbocycles. The van der Waals surface area contributed by atoms with Crippen molar-refractivity contribution in [1.29, 1.82) is 0 Å². The molecule has 2 heterocycles. The summed E-state index contributed by atoms with van der Waals surface area (Å²) >= 11 is 7.53. The van der Waals surface area contributed by atoms with Crippen LogP contribution in [0.25, 0.3) is 0 Å². The summed E-state index contributed by atoms with van der Waals surface area (Å²) in [5.74, 6) is 0.713. The van der Waals surface area contributed by atoms with Crippen LogP contribution in [0.2, 0.25) is 5.02 Å². The third kappa shape index (κ3) is 4.90. The van der Waals surface area contributed by atoms with Crippen LogP contribution < -0.4 is 10.1 Å². The van der Waals surface area contributed by atoms with E-state index in [0.717, 1.165) is 17.0 Å². The number of halogens is 1. The lowest BCUT2D eigenvalue weighted by Gasteiger charge is -2.07. The van der Waals surface area contributed by atoms with E-state index in [0.29, 0.717) is 29.6 Å². The third-order valence-corrected chi connectivity index (χ3v) is 5.39. The number of benzene rings is 1. The Kier molecular flexibility index (Phi) is 6.19. The van der Waals surface area contributed by atoms with Crippen molar-refractivity contribution in [2.75, 3.05) is 0 Å². The minimum atomic E-state index is -0.127. The molecule has 0 bridgehead atoms. The molecular formula is C20H22ClN3O2S.